The third-order valence-electron chi connectivity index (χ3n) is 1.02. The van der Waals surface area contributed by atoms with Crippen LogP contribution in [-0.2, 0) is 14.4 Å². The maximum atomic E-state index is 10.3. The van der Waals surface area contributed by atoms with Gasteiger partial charge < -0.3 is 0 Å². The number of carbonyl (C=O) groups is 3. The van der Waals surface area contributed by atoms with E-state index in [1.807, 2.05) is 0 Å². The zero-order valence-corrected chi connectivity index (χ0v) is 9.26. The van der Waals surface area contributed by atoms with E-state index < -0.39 is 56.0 Å². The van der Waals surface area contributed by atoms with E-state index in [-0.39, 0.29) is 0 Å². The van der Waals surface area contributed by atoms with E-state index in [4.69, 9.17) is 15.3 Å². The molecule has 0 aliphatic heterocycles. The summed E-state index contributed by atoms with van der Waals surface area (Å²) in [6.45, 7) is 0. The van der Waals surface area contributed by atoms with Gasteiger partial charge in [0, 0.05) is 0 Å². The van der Waals surface area contributed by atoms with Gasteiger partial charge in [0.25, 0.3) is 0 Å². The van der Waals surface area contributed by atoms with Gasteiger partial charge in [-0.25, -0.2) is 0 Å². The second-order valence-corrected chi connectivity index (χ2v) is 10.4. The van der Waals surface area contributed by atoms with Gasteiger partial charge in [-0.3, -0.25) is 0 Å². The number of nitrogens with zero attached hydrogens (tertiary/aromatic N) is 1. The number of carboxylic acid groups (broad SMARTS) is 3. The van der Waals surface area contributed by atoms with Gasteiger partial charge in [0.2, 0.25) is 0 Å². The minimum absolute atomic E-state index is 0.717. The molecule has 0 spiro atoms. The molecule has 3 N–H and O–H groups in total. The van der Waals surface area contributed by atoms with E-state index >= 15 is 0 Å². The van der Waals surface area contributed by atoms with Gasteiger partial charge in [0.15, 0.2) is 0 Å². The summed E-state index contributed by atoms with van der Waals surface area (Å²) in [4.78, 5) is 30.8. The fraction of sp³-hybridized carbons (Fsp3) is 0.500. The van der Waals surface area contributed by atoms with Crippen LogP contribution >= 0.6 is 0 Å². The quantitative estimate of drug-likeness (QED) is 0.659. The van der Waals surface area contributed by atoms with Crippen LogP contribution in [0, 0.1) is 32.8 Å². The average Bonchev–Trinajstić information content (AvgIpc) is 1.76. The Morgan fingerprint density at radius 1 is 0.857 bits per heavy atom. The number of rotatable bonds is 3. The van der Waals surface area contributed by atoms with Crippen LogP contribution in [0.5, 0.6) is 0 Å². The standard InChI is InChI=1S/3C2H3O2.Gd.N/c3*1-2(3)4;;/h3*1H2,(H,3,4);;. The Kier molecular flexibility index (Phi) is 5.14. The van der Waals surface area contributed by atoms with Crippen molar-refractivity contribution < 1.29 is 61.2 Å². The summed E-state index contributed by atoms with van der Waals surface area (Å²) in [5.74, 6) is -4.09. The van der Waals surface area contributed by atoms with Crippen LogP contribution in [0.3, 0.4) is 0 Å². The Balaban J connectivity index is 4.69. The molecule has 0 fully saturated rings. The Hall–Kier alpha value is -0.555. The van der Waals surface area contributed by atoms with Gasteiger partial charge >= 0.3 is 87.0 Å². The van der Waals surface area contributed by atoms with Crippen LogP contribution in [-0.4, -0.2) is 33.2 Å². The van der Waals surface area contributed by atoms with Crippen molar-refractivity contribution in [2.75, 3.05) is 0 Å². The molecule has 0 aliphatic carbocycles. The van der Waals surface area contributed by atoms with E-state index in [2.05, 4.69) is 0 Å². The number of hydrogen-bond donors (Lipinski definition) is 3. The van der Waals surface area contributed by atoms with E-state index in [9.17, 15) is 15.7 Å². The maximum absolute atomic E-state index is 10.3. The molecule has 0 bridgehead atoms. The van der Waals surface area contributed by atoms with Gasteiger partial charge in [0.1, 0.15) is 0 Å². The van der Waals surface area contributed by atoms with Crippen LogP contribution < -0.4 is 0 Å². The molecule has 0 aromatic rings. The van der Waals surface area contributed by atoms with Gasteiger partial charge in [0.05, 0.1) is 0 Å². The van der Waals surface area contributed by atoms with Crippen molar-refractivity contribution in [2.45, 2.75) is 6.60 Å². The topological polar surface area (TPSA) is 136 Å². The van der Waals surface area contributed by atoms with Crippen LogP contribution in [0.2, 0.25) is 6.60 Å². The Morgan fingerprint density at radius 2 is 1.07 bits per heavy atom. The second-order valence-electron chi connectivity index (χ2n) is 2.42. The second kappa shape index (κ2) is 5.36. The summed E-state index contributed by atoms with van der Waals surface area (Å²) in [7, 11) is 0. The first-order chi connectivity index (χ1) is 6.25. The van der Waals surface area contributed by atoms with Crippen LogP contribution in [0.15, 0.2) is 0 Å². The summed E-state index contributed by atoms with van der Waals surface area (Å²) >= 11 is -4.34. The molecular formula is C6H9GdNO6. The van der Waals surface area contributed by atoms with Crippen LogP contribution in [0.4, 0.5) is 0 Å². The van der Waals surface area contributed by atoms with Crippen molar-refractivity contribution in [1.82, 2.24) is 0 Å². The summed E-state index contributed by atoms with van der Waals surface area (Å²) in [6, 6.07) is 0. The van der Waals surface area contributed by atoms with Crippen LogP contribution in [0.25, 0.3) is 0 Å². The summed E-state index contributed by atoms with van der Waals surface area (Å²) in [5.41, 5.74) is 0. The van der Waals surface area contributed by atoms with Crippen molar-refractivity contribution in [3.8, 4) is 0 Å². The number of carboxylic acids is 3. The number of hydrogen-bond acceptors (Lipinski definition) is 4. The molecule has 82 valence electrons. The SMILES string of the molecule is [N]#[Gd]([CH2]C(=O)O)([CH2]C(=O)O)[CH2]C(=O)O. The van der Waals surface area contributed by atoms with Crippen molar-refractivity contribution in [3.05, 3.63) is 0 Å². The molecular weight excluding hydrogens is 339 g/mol. The molecule has 0 aliphatic rings. The molecule has 0 heterocycles. The Labute approximate surface area is 86.3 Å². The molecule has 0 saturated carbocycles. The molecule has 0 atom stereocenters. The zero-order valence-electron chi connectivity index (χ0n) is 6.99. The van der Waals surface area contributed by atoms with Gasteiger partial charge in [-0.15, -0.1) is 0 Å². The molecule has 0 saturated heterocycles. The van der Waals surface area contributed by atoms with E-state index in [0.717, 1.165) is 0 Å². The minimum atomic E-state index is -4.34. The van der Waals surface area contributed by atoms with E-state index in [1.165, 1.54) is 0 Å². The monoisotopic (exact) mass is 349 g/mol. The van der Waals surface area contributed by atoms with Gasteiger partial charge in [-0.05, 0) is 0 Å². The van der Waals surface area contributed by atoms with Crippen molar-refractivity contribution in [3.63, 3.8) is 0 Å². The van der Waals surface area contributed by atoms with Crippen molar-refractivity contribution in [1.29, 1.82) is 1.33 Å². The predicted octanol–water partition coefficient (Wildman–Crippen LogP) is 0.131. The normalized spacial score (nSPS) is 11.9. The first-order valence-electron chi connectivity index (χ1n) is 3.25. The van der Waals surface area contributed by atoms with Crippen molar-refractivity contribution >= 4 is 17.9 Å². The molecule has 7 nitrogen and oxygen atoms in total. The molecule has 0 rings (SSSR count). The zero-order chi connectivity index (χ0) is 11.4. The molecule has 0 amide bonds. The Morgan fingerprint density at radius 3 is 1.21 bits per heavy atom. The van der Waals surface area contributed by atoms with E-state index in [0.29, 0.717) is 0 Å². The predicted molar refractivity (Wildman–Crippen MR) is 39.1 cm³/mol. The summed E-state index contributed by atoms with van der Waals surface area (Å²) in [5, 5.41) is 25.1. The number of aliphatic carboxylic acids is 3. The first kappa shape index (κ1) is 13.4. The van der Waals surface area contributed by atoms with Gasteiger partial charge in [-0.1, -0.05) is 0 Å². The third-order valence-corrected chi connectivity index (χ3v) is 7.56. The summed E-state index contributed by atoms with van der Waals surface area (Å²) in [6.07, 6.45) is 0. The van der Waals surface area contributed by atoms with Gasteiger partial charge in [-0.2, -0.15) is 0 Å². The molecule has 0 aromatic heterocycles. The first-order valence-corrected chi connectivity index (χ1v) is 9.08. The van der Waals surface area contributed by atoms with E-state index in [1.54, 1.807) is 0 Å². The fourth-order valence-electron chi connectivity index (χ4n) is 0.730. The van der Waals surface area contributed by atoms with Crippen LogP contribution in [0.1, 0.15) is 0 Å². The third kappa shape index (κ3) is 5.98. The summed E-state index contributed by atoms with van der Waals surface area (Å²) < 4.78 is 7.42. The fourth-order valence-corrected chi connectivity index (χ4v) is 5.41. The average molecular weight is 348 g/mol. The molecule has 0 radical (unpaired) electrons. The molecule has 0 aromatic carbocycles. The molecule has 14 heavy (non-hydrogen) atoms. The molecule has 0 unspecified atom stereocenters. The molecule has 8 heteroatoms. The van der Waals surface area contributed by atoms with Crippen molar-refractivity contribution in [2.24, 2.45) is 0 Å². The Bertz CT molecular complexity index is 311.